The van der Waals surface area contributed by atoms with E-state index in [-0.39, 0.29) is 36.1 Å². The summed E-state index contributed by atoms with van der Waals surface area (Å²) in [7, 11) is 0. The molecule has 1 aromatic rings. The number of piperidine rings is 1. The molecule has 1 amide bonds. The van der Waals surface area contributed by atoms with E-state index in [1.165, 1.54) is 12.4 Å². The molecule has 7 heteroatoms. The molecule has 7 nitrogen and oxygen atoms in total. The molecule has 0 radical (unpaired) electrons. The van der Waals surface area contributed by atoms with Crippen molar-refractivity contribution < 1.29 is 14.6 Å². The van der Waals surface area contributed by atoms with Gasteiger partial charge in [-0.3, -0.25) is 0 Å². The van der Waals surface area contributed by atoms with Crippen LogP contribution in [-0.4, -0.2) is 50.3 Å². The van der Waals surface area contributed by atoms with E-state index in [4.69, 9.17) is 4.74 Å². The minimum atomic E-state index is -0.219. The number of ether oxygens (including phenoxy) is 1. The van der Waals surface area contributed by atoms with Crippen LogP contribution in [0.1, 0.15) is 53.4 Å². The van der Waals surface area contributed by atoms with Crippen molar-refractivity contribution in [3.8, 4) is 5.75 Å². The third-order valence-corrected chi connectivity index (χ3v) is 4.36. The zero-order valence-corrected chi connectivity index (χ0v) is 14.9. The molecular formula is C17H28N4O3. The first-order valence-electron chi connectivity index (χ1n) is 8.71. The van der Waals surface area contributed by atoms with Crippen molar-refractivity contribution in [1.29, 1.82) is 0 Å². The molecule has 24 heavy (non-hydrogen) atoms. The van der Waals surface area contributed by atoms with Gasteiger partial charge in [0.25, 0.3) is 0 Å². The summed E-state index contributed by atoms with van der Waals surface area (Å²) >= 11 is 0. The van der Waals surface area contributed by atoms with Gasteiger partial charge in [-0.15, -0.1) is 0 Å². The Bertz CT molecular complexity index is 521. The fourth-order valence-electron chi connectivity index (χ4n) is 3.26. The lowest BCUT2D eigenvalue weighted by Crippen LogP contribution is -2.55. The van der Waals surface area contributed by atoms with Crippen molar-refractivity contribution in [2.75, 3.05) is 5.32 Å². The van der Waals surface area contributed by atoms with Crippen molar-refractivity contribution in [2.24, 2.45) is 0 Å². The summed E-state index contributed by atoms with van der Waals surface area (Å²) < 4.78 is 5.43. The van der Waals surface area contributed by atoms with E-state index in [0.29, 0.717) is 5.95 Å². The fourth-order valence-corrected chi connectivity index (χ4v) is 3.26. The number of amides is 1. The maximum absolute atomic E-state index is 12.5. The molecule has 2 heterocycles. The number of aromatic nitrogens is 2. The SMILES string of the molecule is CCC1CC(Nc2ncc(O)cn2)CC(CC)N1C(=O)OC(C)C. The van der Waals surface area contributed by atoms with E-state index in [2.05, 4.69) is 29.1 Å². The van der Waals surface area contributed by atoms with Gasteiger partial charge in [-0.1, -0.05) is 13.8 Å². The second-order valence-electron chi connectivity index (χ2n) is 6.54. The number of anilines is 1. The summed E-state index contributed by atoms with van der Waals surface area (Å²) in [4.78, 5) is 22.6. The maximum atomic E-state index is 12.5. The predicted molar refractivity (Wildman–Crippen MR) is 92.0 cm³/mol. The average molecular weight is 336 g/mol. The van der Waals surface area contributed by atoms with Crippen molar-refractivity contribution in [1.82, 2.24) is 14.9 Å². The lowest BCUT2D eigenvalue weighted by Gasteiger charge is -2.44. The molecule has 1 saturated heterocycles. The first-order valence-corrected chi connectivity index (χ1v) is 8.71. The van der Waals surface area contributed by atoms with Crippen LogP contribution in [-0.2, 0) is 4.74 Å². The van der Waals surface area contributed by atoms with Gasteiger partial charge in [0, 0.05) is 18.1 Å². The minimum Gasteiger partial charge on any atom is -0.505 e. The molecule has 2 atom stereocenters. The molecule has 134 valence electrons. The predicted octanol–water partition coefficient (Wildman–Crippen LogP) is 3.16. The molecular weight excluding hydrogens is 308 g/mol. The van der Waals surface area contributed by atoms with Gasteiger partial charge in [-0.05, 0) is 39.5 Å². The van der Waals surface area contributed by atoms with Crippen LogP contribution in [0.2, 0.25) is 0 Å². The van der Waals surface area contributed by atoms with Crippen LogP contribution in [0.4, 0.5) is 10.7 Å². The summed E-state index contributed by atoms with van der Waals surface area (Å²) in [6.07, 6.45) is 5.81. The van der Waals surface area contributed by atoms with Crippen LogP contribution in [0.3, 0.4) is 0 Å². The van der Waals surface area contributed by atoms with E-state index in [1.54, 1.807) is 0 Å². The Hall–Kier alpha value is -2.05. The molecule has 1 aliphatic rings. The number of nitrogens with one attached hydrogen (secondary N) is 1. The molecule has 0 saturated carbocycles. The molecule has 2 unspecified atom stereocenters. The van der Waals surface area contributed by atoms with Crippen molar-refractivity contribution in [2.45, 2.75) is 77.6 Å². The summed E-state index contributed by atoms with van der Waals surface area (Å²) in [5.41, 5.74) is 0. The summed E-state index contributed by atoms with van der Waals surface area (Å²) in [6, 6.07) is 0.446. The largest absolute Gasteiger partial charge is 0.505 e. The second-order valence-corrected chi connectivity index (χ2v) is 6.54. The first kappa shape index (κ1) is 18.3. The number of hydrogen-bond acceptors (Lipinski definition) is 6. The van der Waals surface area contributed by atoms with Gasteiger partial charge in [-0.2, -0.15) is 0 Å². The van der Waals surface area contributed by atoms with Gasteiger partial charge in [0.15, 0.2) is 5.75 Å². The second kappa shape index (κ2) is 8.17. The van der Waals surface area contributed by atoms with Crippen LogP contribution in [0.5, 0.6) is 5.75 Å². The number of likely N-dealkylation sites (tertiary alicyclic amines) is 1. The molecule has 0 spiro atoms. The number of rotatable bonds is 5. The number of carbonyl (C=O) groups excluding carboxylic acids is 1. The molecule has 2 rings (SSSR count). The molecule has 1 aromatic heterocycles. The van der Waals surface area contributed by atoms with E-state index >= 15 is 0 Å². The number of carbonyl (C=O) groups is 1. The zero-order chi connectivity index (χ0) is 17.7. The van der Waals surface area contributed by atoms with E-state index in [1.807, 2.05) is 18.7 Å². The van der Waals surface area contributed by atoms with Gasteiger partial charge < -0.3 is 20.1 Å². The number of nitrogens with zero attached hydrogens (tertiary/aromatic N) is 3. The third-order valence-electron chi connectivity index (χ3n) is 4.36. The van der Waals surface area contributed by atoms with Crippen molar-refractivity contribution in [3.63, 3.8) is 0 Å². The number of aromatic hydroxyl groups is 1. The Labute approximate surface area is 143 Å². The monoisotopic (exact) mass is 336 g/mol. The standard InChI is InChI=1S/C17H28N4O3/c1-5-13-7-12(20-16-18-9-15(22)10-19-16)8-14(6-2)21(13)17(23)24-11(3)4/h9-14,22H,5-8H2,1-4H3,(H,18,19,20). The molecule has 0 bridgehead atoms. The third kappa shape index (κ3) is 4.49. The van der Waals surface area contributed by atoms with Crippen LogP contribution in [0.25, 0.3) is 0 Å². The van der Waals surface area contributed by atoms with E-state index in [0.717, 1.165) is 25.7 Å². The fraction of sp³-hybridized carbons (Fsp3) is 0.706. The highest BCUT2D eigenvalue weighted by molar-refractivity contribution is 5.69. The normalized spacial score (nSPS) is 24.0. The van der Waals surface area contributed by atoms with E-state index < -0.39 is 0 Å². The van der Waals surface area contributed by atoms with Crippen LogP contribution < -0.4 is 5.32 Å². The molecule has 2 N–H and O–H groups in total. The topological polar surface area (TPSA) is 87.6 Å². The van der Waals surface area contributed by atoms with Gasteiger partial charge in [0.05, 0.1) is 18.5 Å². The van der Waals surface area contributed by atoms with Gasteiger partial charge in [-0.25, -0.2) is 14.8 Å². The zero-order valence-electron chi connectivity index (χ0n) is 14.9. The Balaban J connectivity index is 2.08. The smallest absolute Gasteiger partial charge is 0.410 e. The Morgan fingerprint density at radius 1 is 1.29 bits per heavy atom. The van der Waals surface area contributed by atoms with Gasteiger partial charge in [0.2, 0.25) is 5.95 Å². The van der Waals surface area contributed by atoms with Crippen LogP contribution in [0, 0.1) is 0 Å². The lowest BCUT2D eigenvalue weighted by molar-refractivity contribution is 0.0253. The van der Waals surface area contributed by atoms with Gasteiger partial charge >= 0.3 is 6.09 Å². The molecule has 1 aliphatic heterocycles. The molecule has 1 fully saturated rings. The molecule has 0 aliphatic carbocycles. The highest BCUT2D eigenvalue weighted by Crippen LogP contribution is 2.29. The summed E-state index contributed by atoms with van der Waals surface area (Å²) in [5, 5.41) is 12.6. The Kier molecular flexibility index (Phi) is 6.23. The average Bonchev–Trinajstić information content (AvgIpc) is 2.55. The minimum absolute atomic E-state index is 0.0460. The van der Waals surface area contributed by atoms with Crippen LogP contribution in [0.15, 0.2) is 12.4 Å². The van der Waals surface area contributed by atoms with Gasteiger partial charge in [0.1, 0.15) is 0 Å². The maximum Gasteiger partial charge on any atom is 0.410 e. The highest BCUT2D eigenvalue weighted by atomic mass is 16.6. The molecule has 0 aromatic carbocycles. The Morgan fingerprint density at radius 3 is 2.29 bits per heavy atom. The quantitative estimate of drug-likeness (QED) is 0.859. The summed E-state index contributed by atoms with van der Waals surface area (Å²) in [5.74, 6) is 0.547. The van der Waals surface area contributed by atoms with Crippen molar-refractivity contribution >= 4 is 12.0 Å². The Morgan fingerprint density at radius 2 is 1.83 bits per heavy atom. The highest BCUT2D eigenvalue weighted by Gasteiger charge is 2.38. The first-order chi connectivity index (χ1) is 11.4. The number of hydrogen-bond donors (Lipinski definition) is 2. The van der Waals surface area contributed by atoms with E-state index in [9.17, 15) is 9.90 Å². The van der Waals surface area contributed by atoms with Crippen LogP contribution >= 0.6 is 0 Å². The van der Waals surface area contributed by atoms with Crippen molar-refractivity contribution in [3.05, 3.63) is 12.4 Å². The lowest BCUT2D eigenvalue weighted by atomic mass is 9.89. The summed E-state index contributed by atoms with van der Waals surface area (Å²) in [6.45, 7) is 7.92.